The van der Waals surface area contributed by atoms with Gasteiger partial charge in [0.2, 0.25) is 0 Å². The molecule has 2 aromatic carbocycles. The summed E-state index contributed by atoms with van der Waals surface area (Å²) in [6.45, 7) is 1.98. The summed E-state index contributed by atoms with van der Waals surface area (Å²) in [7, 11) is 1.93. The molecule has 0 saturated carbocycles. The first-order chi connectivity index (χ1) is 11.1. The molecule has 1 N–H and O–H groups in total. The Kier molecular flexibility index (Phi) is 4.24. The third kappa shape index (κ3) is 3.31. The molecular weight excluding hydrogens is 286 g/mol. The van der Waals surface area contributed by atoms with Gasteiger partial charge in [-0.2, -0.15) is 0 Å². The molecule has 0 bridgehead atoms. The summed E-state index contributed by atoms with van der Waals surface area (Å²) < 4.78 is 1.92. The highest BCUT2D eigenvalue weighted by Gasteiger charge is 2.21. The van der Waals surface area contributed by atoms with Gasteiger partial charge in [0.25, 0.3) is 5.91 Å². The van der Waals surface area contributed by atoms with Gasteiger partial charge < -0.3 is 9.88 Å². The zero-order chi connectivity index (χ0) is 16.2. The Morgan fingerprint density at radius 3 is 2.57 bits per heavy atom. The number of carbonyl (C=O) groups excluding carboxylic acids is 1. The number of nitrogens with one attached hydrogen (secondary N) is 1. The van der Waals surface area contributed by atoms with Gasteiger partial charge in [-0.3, -0.25) is 4.79 Å². The van der Waals surface area contributed by atoms with Gasteiger partial charge in [-0.05, 0) is 24.6 Å². The number of amides is 1. The monoisotopic (exact) mass is 305 g/mol. The average Bonchev–Trinajstić information content (AvgIpc) is 2.99. The minimum absolute atomic E-state index is 0.106. The highest BCUT2D eigenvalue weighted by atomic mass is 16.1. The van der Waals surface area contributed by atoms with Gasteiger partial charge in [-0.25, -0.2) is 4.98 Å². The topological polar surface area (TPSA) is 46.9 Å². The fourth-order valence-corrected chi connectivity index (χ4v) is 2.60. The van der Waals surface area contributed by atoms with Crippen molar-refractivity contribution >= 4 is 5.91 Å². The largest absolute Gasteiger partial charge is 0.338 e. The molecule has 1 heterocycles. The zero-order valence-corrected chi connectivity index (χ0v) is 13.2. The minimum atomic E-state index is -0.288. The van der Waals surface area contributed by atoms with Crippen LogP contribution in [0.25, 0.3) is 0 Å². The van der Waals surface area contributed by atoms with E-state index in [0.717, 1.165) is 17.0 Å². The lowest BCUT2D eigenvalue weighted by Crippen LogP contribution is -2.31. The number of carbonyl (C=O) groups is 1. The van der Waals surface area contributed by atoms with Crippen molar-refractivity contribution in [1.82, 2.24) is 14.9 Å². The van der Waals surface area contributed by atoms with Crippen molar-refractivity contribution in [3.8, 4) is 0 Å². The zero-order valence-electron chi connectivity index (χ0n) is 13.2. The van der Waals surface area contributed by atoms with E-state index in [-0.39, 0.29) is 11.9 Å². The molecule has 4 heteroatoms. The molecule has 1 amide bonds. The van der Waals surface area contributed by atoms with Gasteiger partial charge in [-0.1, -0.05) is 48.0 Å². The number of aromatic nitrogens is 2. The highest BCUT2D eigenvalue weighted by molar-refractivity contribution is 5.94. The second-order valence-corrected chi connectivity index (χ2v) is 5.58. The van der Waals surface area contributed by atoms with Crippen molar-refractivity contribution < 1.29 is 4.79 Å². The molecule has 23 heavy (non-hydrogen) atoms. The molecule has 0 aliphatic carbocycles. The van der Waals surface area contributed by atoms with Gasteiger partial charge in [0.05, 0.1) is 0 Å². The Balaban J connectivity index is 1.94. The minimum Gasteiger partial charge on any atom is -0.338 e. The van der Waals surface area contributed by atoms with Crippen LogP contribution in [0.15, 0.2) is 67.0 Å². The summed E-state index contributed by atoms with van der Waals surface area (Å²) in [5, 5.41) is 3.10. The van der Waals surface area contributed by atoms with Crippen molar-refractivity contribution in [2.24, 2.45) is 7.05 Å². The molecule has 0 spiro atoms. The van der Waals surface area contributed by atoms with Crippen LogP contribution in [-0.4, -0.2) is 15.5 Å². The lowest BCUT2D eigenvalue weighted by Gasteiger charge is -2.19. The average molecular weight is 305 g/mol. The van der Waals surface area contributed by atoms with Crippen LogP contribution in [0.2, 0.25) is 0 Å². The molecule has 0 unspecified atom stereocenters. The van der Waals surface area contributed by atoms with Crippen LogP contribution in [0.5, 0.6) is 0 Å². The third-order valence-corrected chi connectivity index (χ3v) is 3.81. The summed E-state index contributed by atoms with van der Waals surface area (Å²) in [6, 6.07) is 17.2. The predicted molar refractivity (Wildman–Crippen MR) is 90.1 cm³/mol. The summed E-state index contributed by atoms with van der Waals surface area (Å²) >= 11 is 0. The number of imidazole rings is 1. The Bertz CT molecular complexity index is 808. The van der Waals surface area contributed by atoms with Gasteiger partial charge in [0.15, 0.2) is 0 Å². The van der Waals surface area contributed by atoms with Crippen LogP contribution in [0.1, 0.15) is 33.4 Å². The van der Waals surface area contributed by atoms with E-state index in [1.165, 1.54) is 0 Å². The Morgan fingerprint density at radius 1 is 1.13 bits per heavy atom. The first kappa shape index (κ1) is 15.0. The highest BCUT2D eigenvalue weighted by Crippen LogP contribution is 2.21. The number of hydrogen-bond donors (Lipinski definition) is 1. The number of rotatable bonds is 4. The van der Waals surface area contributed by atoms with E-state index in [0.29, 0.717) is 5.56 Å². The molecule has 0 radical (unpaired) electrons. The molecule has 4 nitrogen and oxygen atoms in total. The van der Waals surface area contributed by atoms with Crippen molar-refractivity contribution in [1.29, 1.82) is 0 Å². The van der Waals surface area contributed by atoms with E-state index >= 15 is 0 Å². The Hall–Kier alpha value is -2.88. The standard InChI is InChI=1S/C19H19N3O/c1-14-7-6-10-16(13-14)19(23)21-17(15-8-4-3-5-9-15)18-20-11-12-22(18)2/h3-13,17H,1-2H3,(H,21,23)/t17-/m1/s1. The van der Waals surface area contributed by atoms with Crippen LogP contribution < -0.4 is 5.32 Å². The van der Waals surface area contributed by atoms with E-state index in [2.05, 4.69) is 10.3 Å². The quantitative estimate of drug-likeness (QED) is 0.804. The molecule has 0 saturated heterocycles. The van der Waals surface area contributed by atoms with Gasteiger partial charge in [-0.15, -0.1) is 0 Å². The van der Waals surface area contributed by atoms with Crippen molar-refractivity contribution in [2.45, 2.75) is 13.0 Å². The fraction of sp³-hybridized carbons (Fsp3) is 0.158. The van der Waals surface area contributed by atoms with E-state index in [1.807, 2.05) is 79.3 Å². The first-order valence-corrected chi connectivity index (χ1v) is 7.55. The van der Waals surface area contributed by atoms with E-state index in [9.17, 15) is 4.79 Å². The molecule has 116 valence electrons. The van der Waals surface area contributed by atoms with Gasteiger partial charge in [0.1, 0.15) is 11.9 Å². The SMILES string of the molecule is Cc1cccc(C(=O)N[C@H](c2ccccc2)c2nccn2C)c1. The molecular formula is C19H19N3O. The molecule has 1 aromatic heterocycles. The number of aryl methyl sites for hydroxylation is 2. The van der Waals surface area contributed by atoms with Crippen molar-refractivity contribution in [2.75, 3.05) is 0 Å². The molecule has 0 aliphatic rings. The second-order valence-electron chi connectivity index (χ2n) is 5.58. The molecule has 3 aromatic rings. The molecule has 3 rings (SSSR count). The second kappa shape index (κ2) is 6.48. The predicted octanol–water partition coefficient (Wildman–Crippen LogP) is 3.25. The maximum absolute atomic E-state index is 12.6. The van der Waals surface area contributed by atoms with Gasteiger partial charge in [0, 0.05) is 25.0 Å². The normalized spacial score (nSPS) is 11.9. The summed E-state index contributed by atoms with van der Waals surface area (Å²) in [4.78, 5) is 17.0. The number of hydrogen-bond acceptors (Lipinski definition) is 2. The summed E-state index contributed by atoms with van der Waals surface area (Å²) in [5.74, 6) is 0.697. The molecule has 0 fully saturated rings. The van der Waals surface area contributed by atoms with Crippen molar-refractivity contribution in [3.05, 3.63) is 89.5 Å². The van der Waals surface area contributed by atoms with Crippen LogP contribution in [0.3, 0.4) is 0 Å². The smallest absolute Gasteiger partial charge is 0.252 e. The Labute approximate surface area is 135 Å². The Morgan fingerprint density at radius 2 is 1.91 bits per heavy atom. The lowest BCUT2D eigenvalue weighted by molar-refractivity contribution is 0.0941. The first-order valence-electron chi connectivity index (χ1n) is 7.55. The molecule has 1 atom stereocenters. The summed E-state index contributed by atoms with van der Waals surface area (Å²) in [6.07, 6.45) is 3.62. The lowest BCUT2D eigenvalue weighted by atomic mass is 10.0. The van der Waals surface area contributed by atoms with Crippen LogP contribution in [0, 0.1) is 6.92 Å². The van der Waals surface area contributed by atoms with Crippen LogP contribution in [0.4, 0.5) is 0 Å². The van der Waals surface area contributed by atoms with Crippen molar-refractivity contribution in [3.63, 3.8) is 0 Å². The maximum atomic E-state index is 12.6. The van der Waals surface area contributed by atoms with Crippen LogP contribution >= 0.6 is 0 Å². The van der Waals surface area contributed by atoms with E-state index in [1.54, 1.807) is 6.20 Å². The number of nitrogens with zero attached hydrogens (tertiary/aromatic N) is 2. The molecule has 0 aliphatic heterocycles. The van der Waals surface area contributed by atoms with E-state index < -0.39 is 0 Å². The number of benzene rings is 2. The van der Waals surface area contributed by atoms with Gasteiger partial charge >= 0.3 is 0 Å². The maximum Gasteiger partial charge on any atom is 0.252 e. The fourth-order valence-electron chi connectivity index (χ4n) is 2.60. The third-order valence-electron chi connectivity index (χ3n) is 3.81. The van der Waals surface area contributed by atoms with Crippen LogP contribution in [-0.2, 0) is 7.05 Å². The summed E-state index contributed by atoms with van der Waals surface area (Å²) in [5.41, 5.74) is 2.72. The van der Waals surface area contributed by atoms with E-state index in [4.69, 9.17) is 0 Å².